The van der Waals surface area contributed by atoms with Gasteiger partial charge in [-0.25, -0.2) is 4.98 Å². The highest BCUT2D eigenvalue weighted by atomic mass is 32.2. The van der Waals surface area contributed by atoms with E-state index in [1.807, 2.05) is 13.0 Å². The molecule has 0 saturated carbocycles. The van der Waals surface area contributed by atoms with Crippen molar-refractivity contribution in [2.24, 2.45) is 0 Å². The number of aromatic nitrogens is 3. The number of aryl methyl sites for hydroxylation is 1. The molecule has 7 heteroatoms. The lowest BCUT2D eigenvalue weighted by Crippen LogP contribution is -2.29. The molecule has 0 atom stereocenters. The van der Waals surface area contributed by atoms with Crippen molar-refractivity contribution in [3.05, 3.63) is 22.1 Å². The quantitative estimate of drug-likeness (QED) is 0.631. The van der Waals surface area contributed by atoms with Crippen molar-refractivity contribution < 1.29 is 4.79 Å². The number of H-pyrrole nitrogens is 2. The lowest BCUT2D eigenvalue weighted by atomic mass is 10.3. The van der Waals surface area contributed by atoms with Crippen LogP contribution in [-0.2, 0) is 4.79 Å². The van der Waals surface area contributed by atoms with Crippen molar-refractivity contribution in [3.63, 3.8) is 0 Å². The van der Waals surface area contributed by atoms with E-state index < -0.39 is 0 Å². The van der Waals surface area contributed by atoms with Crippen LogP contribution in [0.25, 0.3) is 11.0 Å². The Kier molecular flexibility index (Phi) is 5.06. The predicted molar refractivity (Wildman–Crippen MR) is 84.7 cm³/mol. The molecule has 2 rings (SSSR count). The predicted octanol–water partition coefficient (Wildman–Crippen LogP) is 1.91. The molecule has 0 aliphatic heterocycles. The molecule has 0 aromatic carbocycles. The summed E-state index contributed by atoms with van der Waals surface area (Å²) < 4.78 is 0. The molecule has 21 heavy (non-hydrogen) atoms. The average Bonchev–Trinajstić information content (AvgIpc) is 2.83. The molecular weight excluding hydrogens is 288 g/mol. The molecule has 6 nitrogen and oxygen atoms in total. The highest BCUT2D eigenvalue weighted by Crippen LogP contribution is 2.15. The third-order valence-corrected chi connectivity index (χ3v) is 4.06. The Hall–Kier alpha value is -1.76. The number of fused-ring (bicyclic) bond motifs is 1. The largest absolute Gasteiger partial charge is 0.353 e. The maximum atomic E-state index is 12.0. The molecule has 2 aromatic rings. The number of aromatic amines is 2. The van der Waals surface area contributed by atoms with Crippen LogP contribution in [0.2, 0.25) is 0 Å². The third kappa shape index (κ3) is 3.87. The van der Waals surface area contributed by atoms with Crippen molar-refractivity contribution in [1.82, 2.24) is 19.9 Å². The smallest absolute Gasteiger partial charge is 0.275 e. The Balaban J connectivity index is 2.03. The molecule has 2 heterocycles. The molecule has 114 valence electrons. The van der Waals surface area contributed by atoms with Crippen LogP contribution in [0.3, 0.4) is 0 Å². The summed E-state index contributed by atoms with van der Waals surface area (Å²) in [6.45, 7) is 4.73. The van der Waals surface area contributed by atoms with Crippen LogP contribution in [0.15, 0.2) is 16.0 Å². The van der Waals surface area contributed by atoms with Crippen LogP contribution in [0.1, 0.15) is 25.5 Å². The molecule has 0 unspecified atom stereocenters. The fraction of sp³-hybridized carbons (Fsp3) is 0.500. The number of carbonyl (C=O) groups excluding carboxylic acids is 1. The van der Waals surface area contributed by atoms with Gasteiger partial charge in [-0.2, -0.15) is 0 Å². The van der Waals surface area contributed by atoms with Gasteiger partial charge in [0.2, 0.25) is 5.91 Å². The summed E-state index contributed by atoms with van der Waals surface area (Å²) in [6.07, 6.45) is 2.06. The van der Waals surface area contributed by atoms with Crippen molar-refractivity contribution in [2.45, 2.75) is 31.8 Å². The number of rotatable bonds is 6. The van der Waals surface area contributed by atoms with Gasteiger partial charge in [0.25, 0.3) is 5.56 Å². The van der Waals surface area contributed by atoms with E-state index >= 15 is 0 Å². The minimum atomic E-state index is -0.206. The number of nitrogens with one attached hydrogen (secondary N) is 2. The van der Waals surface area contributed by atoms with E-state index in [4.69, 9.17) is 0 Å². The van der Waals surface area contributed by atoms with E-state index in [2.05, 4.69) is 21.9 Å². The van der Waals surface area contributed by atoms with E-state index in [9.17, 15) is 9.59 Å². The van der Waals surface area contributed by atoms with Gasteiger partial charge in [-0.1, -0.05) is 25.1 Å². The van der Waals surface area contributed by atoms with Gasteiger partial charge in [-0.3, -0.25) is 14.6 Å². The molecule has 2 N–H and O–H groups in total. The first-order valence-corrected chi connectivity index (χ1v) is 7.96. The van der Waals surface area contributed by atoms with Crippen LogP contribution < -0.4 is 5.56 Å². The number of nitrogens with zero attached hydrogens (tertiary/aromatic N) is 2. The Morgan fingerprint density at radius 1 is 1.43 bits per heavy atom. The van der Waals surface area contributed by atoms with Gasteiger partial charge in [0.05, 0.1) is 11.3 Å². The number of thioether (sulfide) groups is 1. The first-order valence-electron chi connectivity index (χ1n) is 6.97. The Morgan fingerprint density at radius 2 is 2.19 bits per heavy atom. The van der Waals surface area contributed by atoms with Gasteiger partial charge < -0.3 is 9.88 Å². The molecule has 1 amide bonds. The van der Waals surface area contributed by atoms with Crippen LogP contribution in [0.5, 0.6) is 0 Å². The van der Waals surface area contributed by atoms with E-state index in [0.717, 1.165) is 25.1 Å². The minimum Gasteiger partial charge on any atom is -0.353 e. The standard InChI is InChI=1S/C14H20N4O2S/c1-4-5-6-18(3)11(19)8-21-14-16-10-7-9(2)15-12(10)13(20)17-14/h7,15H,4-6,8H2,1-3H3,(H,16,17,20). The van der Waals surface area contributed by atoms with Gasteiger partial charge in [-0.05, 0) is 19.4 Å². The van der Waals surface area contributed by atoms with Crippen molar-refractivity contribution in [2.75, 3.05) is 19.3 Å². The summed E-state index contributed by atoms with van der Waals surface area (Å²) in [4.78, 5) is 35.6. The number of carbonyl (C=O) groups is 1. The van der Waals surface area contributed by atoms with Crippen LogP contribution in [0.4, 0.5) is 0 Å². The molecule has 0 spiro atoms. The molecule has 0 radical (unpaired) electrons. The molecule has 0 aliphatic rings. The zero-order valence-corrected chi connectivity index (χ0v) is 13.3. The second-order valence-corrected chi connectivity index (χ2v) is 6.01. The molecule has 0 saturated heterocycles. The Morgan fingerprint density at radius 3 is 2.90 bits per heavy atom. The van der Waals surface area contributed by atoms with Crippen molar-refractivity contribution in [3.8, 4) is 0 Å². The first kappa shape index (κ1) is 15.6. The first-order chi connectivity index (χ1) is 10.0. The van der Waals surface area contributed by atoms with Crippen LogP contribution >= 0.6 is 11.8 Å². The number of hydrogen-bond donors (Lipinski definition) is 2. The second kappa shape index (κ2) is 6.80. The van der Waals surface area contributed by atoms with Crippen molar-refractivity contribution in [1.29, 1.82) is 0 Å². The van der Waals surface area contributed by atoms with E-state index in [1.165, 1.54) is 11.8 Å². The van der Waals surface area contributed by atoms with E-state index in [1.54, 1.807) is 11.9 Å². The second-order valence-electron chi connectivity index (χ2n) is 5.04. The van der Waals surface area contributed by atoms with Gasteiger partial charge in [0.1, 0.15) is 5.52 Å². The topological polar surface area (TPSA) is 81.8 Å². The number of hydrogen-bond acceptors (Lipinski definition) is 4. The zero-order valence-electron chi connectivity index (χ0n) is 12.5. The average molecular weight is 308 g/mol. The summed E-state index contributed by atoms with van der Waals surface area (Å²) >= 11 is 1.26. The minimum absolute atomic E-state index is 0.0430. The third-order valence-electron chi connectivity index (χ3n) is 3.21. The lowest BCUT2D eigenvalue weighted by Gasteiger charge is -2.15. The summed E-state index contributed by atoms with van der Waals surface area (Å²) in [6, 6.07) is 1.82. The highest BCUT2D eigenvalue weighted by Gasteiger charge is 2.11. The van der Waals surface area contributed by atoms with Crippen LogP contribution in [-0.4, -0.2) is 45.1 Å². The van der Waals surface area contributed by atoms with Gasteiger partial charge in [0.15, 0.2) is 5.16 Å². The Labute approximate surface area is 127 Å². The fourth-order valence-electron chi connectivity index (χ4n) is 1.96. The molecule has 2 aromatic heterocycles. The molecule has 0 fully saturated rings. The maximum absolute atomic E-state index is 12.0. The summed E-state index contributed by atoms with van der Waals surface area (Å²) in [7, 11) is 1.80. The molecular formula is C14H20N4O2S. The SMILES string of the molecule is CCCCN(C)C(=O)CSc1nc2cc(C)[nH]c2c(=O)[nH]1. The fourth-order valence-corrected chi connectivity index (χ4v) is 2.77. The van der Waals surface area contributed by atoms with Crippen LogP contribution in [0, 0.1) is 6.92 Å². The monoisotopic (exact) mass is 308 g/mol. The maximum Gasteiger partial charge on any atom is 0.275 e. The lowest BCUT2D eigenvalue weighted by molar-refractivity contribution is -0.127. The normalized spacial score (nSPS) is 11.0. The number of amides is 1. The van der Waals surface area contributed by atoms with E-state index in [-0.39, 0.29) is 17.2 Å². The highest BCUT2D eigenvalue weighted by molar-refractivity contribution is 7.99. The molecule has 0 bridgehead atoms. The van der Waals surface area contributed by atoms with Gasteiger partial charge in [-0.15, -0.1) is 0 Å². The zero-order chi connectivity index (χ0) is 15.4. The van der Waals surface area contributed by atoms with Gasteiger partial charge >= 0.3 is 0 Å². The molecule has 0 aliphatic carbocycles. The van der Waals surface area contributed by atoms with Gasteiger partial charge in [0, 0.05) is 19.3 Å². The number of unbranched alkanes of at least 4 members (excludes halogenated alkanes) is 1. The summed E-state index contributed by atoms with van der Waals surface area (Å²) in [5, 5.41) is 0.476. The summed E-state index contributed by atoms with van der Waals surface area (Å²) in [5.41, 5.74) is 1.79. The van der Waals surface area contributed by atoms with Crippen molar-refractivity contribution >= 4 is 28.7 Å². The van der Waals surface area contributed by atoms with E-state index in [0.29, 0.717) is 16.2 Å². The summed E-state index contributed by atoms with van der Waals surface area (Å²) in [5.74, 6) is 0.319. The Bertz CT molecular complexity index is 692.